The van der Waals surface area contributed by atoms with E-state index in [9.17, 15) is 4.79 Å². The van der Waals surface area contributed by atoms with Crippen LogP contribution in [0, 0.1) is 0 Å². The molecular weight excluding hydrogens is 252 g/mol. The molecule has 0 radical (unpaired) electrons. The van der Waals surface area contributed by atoms with E-state index < -0.39 is 0 Å². The second-order valence-electron chi connectivity index (χ2n) is 4.77. The highest BCUT2D eigenvalue weighted by molar-refractivity contribution is 5.90. The lowest BCUT2D eigenvalue weighted by atomic mass is 10.1. The van der Waals surface area contributed by atoms with Gasteiger partial charge in [0.05, 0.1) is 5.56 Å². The van der Waals surface area contributed by atoms with Gasteiger partial charge >= 0.3 is 5.97 Å². The zero-order valence-electron chi connectivity index (χ0n) is 11.7. The minimum atomic E-state index is -0.336. The summed E-state index contributed by atoms with van der Waals surface area (Å²) in [5.41, 5.74) is 2.42. The fraction of sp³-hybridized carbons (Fsp3) is 0.250. The highest BCUT2D eigenvalue weighted by Crippen LogP contribution is 2.19. The molecule has 0 fully saturated rings. The van der Waals surface area contributed by atoms with Crippen molar-refractivity contribution in [2.45, 2.75) is 0 Å². The number of carbonyl (C=O) groups excluding carboxylic acids is 1. The van der Waals surface area contributed by atoms with Gasteiger partial charge in [-0.25, -0.2) is 4.79 Å². The van der Waals surface area contributed by atoms with Crippen molar-refractivity contribution in [1.82, 2.24) is 9.88 Å². The summed E-state index contributed by atoms with van der Waals surface area (Å²) in [4.78, 5) is 18.0. The third-order valence-corrected chi connectivity index (χ3v) is 2.85. The van der Waals surface area contributed by atoms with E-state index in [0.717, 1.165) is 11.1 Å². The summed E-state index contributed by atoms with van der Waals surface area (Å²) in [5.74, 6) is -0.336. The monoisotopic (exact) mass is 270 g/mol. The number of nitrogens with zero attached hydrogens (tertiary/aromatic N) is 2. The fourth-order valence-corrected chi connectivity index (χ4v) is 1.74. The quantitative estimate of drug-likeness (QED) is 0.783. The van der Waals surface area contributed by atoms with Crippen LogP contribution in [-0.4, -0.2) is 43.1 Å². The number of ether oxygens (including phenoxy) is 1. The van der Waals surface area contributed by atoms with Crippen LogP contribution >= 0.6 is 0 Å². The smallest absolute Gasteiger partial charge is 0.339 e. The van der Waals surface area contributed by atoms with E-state index in [4.69, 9.17) is 4.74 Å². The van der Waals surface area contributed by atoms with Gasteiger partial charge in [-0.05, 0) is 25.7 Å². The maximum Gasteiger partial charge on any atom is 0.339 e. The molecule has 0 aliphatic heterocycles. The number of hydrogen-bond donors (Lipinski definition) is 0. The van der Waals surface area contributed by atoms with Gasteiger partial charge in [0, 0.05) is 24.5 Å². The molecule has 20 heavy (non-hydrogen) atoms. The molecule has 2 aromatic rings. The largest absolute Gasteiger partial charge is 0.461 e. The van der Waals surface area contributed by atoms with Gasteiger partial charge in [-0.2, -0.15) is 0 Å². The van der Waals surface area contributed by atoms with Crippen molar-refractivity contribution in [3.8, 4) is 11.1 Å². The molecule has 0 saturated carbocycles. The van der Waals surface area contributed by atoms with E-state index in [0.29, 0.717) is 18.7 Å². The zero-order chi connectivity index (χ0) is 14.4. The van der Waals surface area contributed by atoms with Crippen LogP contribution in [0.15, 0.2) is 48.8 Å². The summed E-state index contributed by atoms with van der Waals surface area (Å²) in [5, 5.41) is 0. The van der Waals surface area contributed by atoms with Crippen molar-refractivity contribution in [3.63, 3.8) is 0 Å². The van der Waals surface area contributed by atoms with Gasteiger partial charge in [0.1, 0.15) is 6.61 Å². The molecule has 0 N–H and O–H groups in total. The van der Waals surface area contributed by atoms with Crippen LogP contribution < -0.4 is 0 Å². The summed E-state index contributed by atoms with van der Waals surface area (Å²) in [6.07, 6.45) is 3.27. The van der Waals surface area contributed by atoms with Crippen LogP contribution in [0.1, 0.15) is 10.4 Å². The Hall–Kier alpha value is -2.20. The second kappa shape index (κ2) is 6.82. The average Bonchev–Trinajstić information content (AvgIpc) is 2.48. The zero-order valence-corrected chi connectivity index (χ0v) is 11.7. The molecule has 0 spiro atoms. The molecule has 4 heteroatoms. The maximum absolute atomic E-state index is 11.9. The minimum Gasteiger partial charge on any atom is -0.461 e. The van der Waals surface area contributed by atoms with E-state index in [1.54, 1.807) is 12.3 Å². The number of esters is 1. The SMILES string of the molecule is CN(C)CCOC(=O)c1cncc(-c2ccccc2)c1. The first kappa shape index (κ1) is 14.2. The topological polar surface area (TPSA) is 42.4 Å². The van der Waals surface area contributed by atoms with E-state index >= 15 is 0 Å². The maximum atomic E-state index is 11.9. The Labute approximate surface area is 119 Å². The van der Waals surface area contributed by atoms with Gasteiger partial charge < -0.3 is 9.64 Å². The lowest BCUT2D eigenvalue weighted by Crippen LogP contribution is -2.20. The van der Waals surface area contributed by atoms with Crippen molar-refractivity contribution in [3.05, 3.63) is 54.4 Å². The van der Waals surface area contributed by atoms with Crippen LogP contribution in [0.5, 0.6) is 0 Å². The minimum absolute atomic E-state index is 0.336. The number of aromatic nitrogens is 1. The van der Waals surface area contributed by atoms with Crippen LogP contribution in [0.25, 0.3) is 11.1 Å². The highest BCUT2D eigenvalue weighted by atomic mass is 16.5. The Balaban J connectivity index is 2.08. The van der Waals surface area contributed by atoms with Crippen LogP contribution in [0.4, 0.5) is 0 Å². The number of likely N-dealkylation sites (N-methyl/N-ethyl adjacent to an activating group) is 1. The molecule has 0 aliphatic carbocycles. The molecule has 1 aromatic heterocycles. The molecule has 0 saturated heterocycles. The van der Waals surface area contributed by atoms with Crippen molar-refractivity contribution in [2.24, 2.45) is 0 Å². The fourth-order valence-electron chi connectivity index (χ4n) is 1.74. The summed E-state index contributed by atoms with van der Waals surface area (Å²) < 4.78 is 5.21. The van der Waals surface area contributed by atoms with Crippen molar-refractivity contribution >= 4 is 5.97 Å². The Morgan fingerprint density at radius 3 is 2.60 bits per heavy atom. The number of carbonyl (C=O) groups is 1. The van der Waals surface area contributed by atoms with Gasteiger partial charge in [0.2, 0.25) is 0 Å². The molecule has 0 amide bonds. The third-order valence-electron chi connectivity index (χ3n) is 2.85. The van der Waals surface area contributed by atoms with Gasteiger partial charge in [-0.1, -0.05) is 30.3 Å². The lowest BCUT2D eigenvalue weighted by Gasteiger charge is -2.10. The number of rotatable bonds is 5. The van der Waals surface area contributed by atoms with Gasteiger partial charge in [0.25, 0.3) is 0 Å². The first-order chi connectivity index (χ1) is 9.66. The van der Waals surface area contributed by atoms with Crippen molar-refractivity contribution < 1.29 is 9.53 Å². The number of pyridine rings is 1. The number of hydrogen-bond acceptors (Lipinski definition) is 4. The highest BCUT2D eigenvalue weighted by Gasteiger charge is 2.09. The predicted molar refractivity (Wildman–Crippen MR) is 78.5 cm³/mol. The molecule has 0 aliphatic rings. The number of benzene rings is 1. The molecule has 1 heterocycles. The van der Waals surface area contributed by atoms with Crippen LogP contribution in [-0.2, 0) is 4.74 Å². The standard InChI is InChI=1S/C16H18N2O2/c1-18(2)8-9-20-16(19)15-10-14(11-17-12-15)13-6-4-3-5-7-13/h3-7,10-12H,8-9H2,1-2H3. The Bertz CT molecular complexity index is 568. The molecule has 1 aromatic carbocycles. The van der Waals surface area contributed by atoms with E-state index in [1.165, 1.54) is 6.20 Å². The summed E-state index contributed by atoms with van der Waals surface area (Å²) in [6.45, 7) is 1.08. The van der Waals surface area contributed by atoms with Crippen LogP contribution in [0.2, 0.25) is 0 Å². The van der Waals surface area contributed by atoms with Crippen molar-refractivity contribution in [2.75, 3.05) is 27.2 Å². The molecule has 0 bridgehead atoms. The second-order valence-corrected chi connectivity index (χ2v) is 4.77. The van der Waals surface area contributed by atoms with E-state index in [-0.39, 0.29) is 5.97 Å². The van der Waals surface area contributed by atoms with Gasteiger partial charge in [-0.15, -0.1) is 0 Å². The molecule has 104 valence electrons. The first-order valence-electron chi connectivity index (χ1n) is 6.49. The first-order valence-corrected chi connectivity index (χ1v) is 6.49. The predicted octanol–water partition coefficient (Wildman–Crippen LogP) is 2.47. The molecule has 0 unspecified atom stereocenters. The van der Waals surface area contributed by atoms with E-state index in [2.05, 4.69) is 4.98 Å². The summed E-state index contributed by atoms with van der Waals surface area (Å²) in [7, 11) is 3.87. The normalized spacial score (nSPS) is 10.6. The Morgan fingerprint density at radius 1 is 1.15 bits per heavy atom. The van der Waals surface area contributed by atoms with Crippen molar-refractivity contribution in [1.29, 1.82) is 0 Å². The average molecular weight is 270 g/mol. The molecule has 0 atom stereocenters. The molecular formula is C16H18N2O2. The summed E-state index contributed by atoms with van der Waals surface area (Å²) in [6, 6.07) is 11.6. The Morgan fingerprint density at radius 2 is 1.90 bits per heavy atom. The molecule has 2 rings (SSSR count). The van der Waals surface area contributed by atoms with Gasteiger partial charge in [0.15, 0.2) is 0 Å². The lowest BCUT2D eigenvalue weighted by molar-refractivity contribution is 0.0481. The van der Waals surface area contributed by atoms with Gasteiger partial charge in [-0.3, -0.25) is 4.98 Å². The molecule has 4 nitrogen and oxygen atoms in total. The summed E-state index contributed by atoms with van der Waals surface area (Å²) >= 11 is 0. The third kappa shape index (κ3) is 3.90. The Kier molecular flexibility index (Phi) is 4.85. The van der Waals surface area contributed by atoms with E-state index in [1.807, 2.05) is 49.3 Å². The van der Waals surface area contributed by atoms with Crippen LogP contribution in [0.3, 0.4) is 0 Å².